The first-order valence-electron chi connectivity index (χ1n) is 11.8. The number of hydrogen-bond acceptors (Lipinski definition) is 5. The van der Waals surface area contributed by atoms with Gasteiger partial charge in [-0.2, -0.15) is 0 Å². The van der Waals surface area contributed by atoms with Crippen LogP contribution in [0, 0.1) is 5.41 Å². The van der Waals surface area contributed by atoms with Crippen molar-refractivity contribution < 1.29 is 23.4 Å². The average molecular weight is 465 g/mol. The Bertz CT molecular complexity index is 698. The van der Waals surface area contributed by atoms with Crippen molar-refractivity contribution in [2.75, 3.05) is 13.7 Å². The normalized spacial score (nSPS) is 24.8. The number of ether oxygens (including phenoxy) is 3. The highest BCUT2D eigenvalue weighted by molar-refractivity contribution is 6.74. The minimum Gasteiger partial charge on any atom is -0.413 e. The Hall–Kier alpha value is -1.05. The Morgan fingerprint density at radius 1 is 1.22 bits per heavy atom. The zero-order chi connectivity index (χ0) is 24.0. The predicted molar refractivity (Wildman–Crippen MR) is 131 cm³/mol. The molecule has 0 bridgehead atoms. The first kappa shape index (κ1) is 27.2. The highest BCUT2D eigenvalue weighted by Gasteiger charge is 2.50. The van der Waals surface area contributed by atoms with Crippen LogP contribution in [0.2, 0.25) is 18.1 Å². The molecule has 32 heavy (non-hydrogen) atoms. The minimum absolute atomic E-state index is 0.00924. The van der Waals surface area contributed by atoms with Crippen LogP contribution in [0.3, 0.4) is 0 Å². The molecule has 1 aromatic rings. The van der Waals surface area contributed by atoms with E-state index in [4.69, 9.17) is 18.6 Å². The van der Waals surface area contributed by atoms with Crippen LogP contribution in [-0.4, -0.2) is 52.7 Å². The molecule has 1 aliphatic rings. The maximum absolute atomic E-state index is 11.4. The number of carbonyl (C=O) groups excluding carboxylic acids is 1. The van der Waals surface area contributed by atoms with Crippen molar-refractivity contribution >= 4 is 14.6 Å². The summed E-state index contributed by atoms with van der Waals surface area (Å²) >= 11 is 0. The second-order valence-corrected chi connectivity index (χ2v) is 15.8. The van der Waals surface area contributed by atoms with Crippen molar-refractivity contribution in [3.8, 4) is 0 Å². The highest BCUT2D eigenvalue weighted by Crippen LogP contribution is 2.45. The zero-order valence-electron chi connectivity index (χ0n) is 21.4. The van der Waals surface area contributed by atoms with Crippen LogP contribution >= 0.6 is 0 Å². The number of methoxy groups -OCH3 is 1. The van der Waals surface area contributed by atoms with E-state index in [2.05, 4.69) is 59.8 Å². The Morgan fingerprint density at radius 2 is 1.88 bits per heavy atom. The molecule has 1 heterocycles. The molecule has 5 nitrogen and oxygen atoms in total. The van der Waals surface area contributed by atoms with Crippen molar-refractivity contribution in [1.29, 1.82) is 0 Å². The summed E-state index contributed by atoms with van der Waals surface area (Å²) in [5.74, 6) is 0. The lowest BCUT2D eigenvalue weighted by molar-refractivity contribution is -0.201. The molecule has 1 fully saturated rings. The molecule has 2 rings (SSSR count). The second-order valence-electron chi connectivity index (χ2n) is 11.1. The van der Waals surface area contributed by atoms with Gasteiger partial charge in [-0.05, 0) is 30.1 Å². The molecule has 0 saturated carbocycles. The molecule has 1 aliphatic heterocycles. The van der Waals surface area contributed by atoms with E-state index in [0.29, 0.717) is 19.6 Å². The quantitative estimate of drug-likeness (QED) is 0.236. The van der Waals surface area contributed by atoms with E-state index < -0.39 is 8.32 Å². The summed E-state index contributed by atoms with van der Waals surface area (Å²) in [5, 5.41) is 0.114. The summed E-state index contributed by atoms with van der Waals surface area (Å²) in [6.07, 6.45) is 2.38. The van der Waals surface area contributed by atoms with Gasteiger partial charge >= 0.3 is 0 Å². The Labute approximate surface area is 196 Å². The van der Waals surface area contributed by atoms with Crippen LogP contribution in [0.15, 0.2) is 30.3 Å². The summed E-state index contributed by atoms with van der Waals surface area (Å²) in [7, 11) is -0.261. The largest absolute Gasteiger partial charge is 0.413 e. The molecule has 0 unspecified atom stereocenters. The fraction of sp³-hybridized carbons (Fsp3) is 0.731. The Balaban J connectivity index is 2.08. The van der Waals surface area contributed by atoms with Crippen LogP contribution in [0.4, 0.5) is 0 Å². The van der Waals surface area contributed by atoms with Crippen molar-refractivity contribution in [1.82, 2.24) is 0 Å². The molecule has 0 spiro atoms. The van der Waals surface area contributed by atoms with Gasteiger partial charge in [-0.25, -0.2) is 0 Å². The Kier molecular flexibility index (Phi) is 9.68. The van der Waals surface area contributed by atoms with Crippen LogP contribution in [-0.2, 0) is 30.0 Å². The van der Waals surface area contributed by atoms with Crippen molar-refractivity contribution in [3.05, 3.63) is 35.9 Å². The molecule has 182 valence electrons. The van der Waals surface area contributed by atoms with Gasteiger partial charge in [-0.3, -0.25) is 0 Å². The lowest BCUT2D eigenvalue weighted by Crippen LogP contribution is -2.58. The van der Waals surface area contributed by atoms with Crippen molar-refractivity contribution in [2.24, 2.45) is 5.41 Å². The fourth-order valence-electron chi connectivity index (χ4n) is 4.00. The first-order valence-corrected chi connectivity index (χ1v) is 14.7. The third-order valence-electron chi connectivity index (χ3n) is 7.37. The molecule has 0 amide bonds. The smallest absolute Gasteiger partial charge is 0.192 e. The summed E-state index contributed by atoms with van der Waals surface area (Å²) in [5.41, 5.74) is 0.903. The molecule has 1 aromatic carbocycles. The van der Waals surface area contributed by atoms with E-state index in [9.17, 15) is 4.79 Å². The van der Waals surface area contributed by atoms with E-state index >= 15 is 0 Å². The maximum Gasteiger partial charge on any atom is 0.192 e. The van der Waals surface area contributed by atoms with Gasteiger partial charge < -0.3 is 23.4 Å². The fourth-order valence-corrected chi connectivity index (χ4v) is 5.47. The van der Waals surface area contributed by atoms with Crippen molar-refractivity contribution in [2.45, 2.75) is 103 Å². The SMILES string of the molecule is CO[C@H](CCOCc1ccccc1)[C@@H]1C[C@@H](O[Si](C)(C)C(C)(C)C)C(C)(C)[C@@H](CC=O)O1. The second kappa shape index (κ2) is 11.4. The maximum atomic E-state index is 11.4. The van der Waals surface area contributed by atoms with E-state index in [1.54, 1.807) is 7.11 Å². The molecule has 4 atom stereocenters. The number of carbonyl (C=O) groups is 1. The minimum atomic E-state index is -1.99. The van der Waals surface area contributed by atoms with Gasteiger partial charge in [0.25, 0.3) is 0 Å². The summed E-state index contributed by atoms with van der Waals surface area (Å²) < 4.78 is 25.1. The zero-order valence-corrected chi connectivity index (χ0v) is 22.4. The molecule has 0 aromatic heterocycles. The number of aldehydes is 1. The van der Waals surface area contributed by atoms with Crippen LogP contribution in [0.5, 0.6) is 0 Å². The van der Waals surface area contributed by atoms with E-state index in [1.165, 1.54) is 0 Å². The van der Waals surface area contributed by atoms with Crippen LogP contribution < -0.4 is 0 Å². The molecule has 0 aliphatic carbocycles. The lowest BCUT2D eigenvalue weighted by atomic mass is 9.74. The summed E-state index contributed by atoms with van der Waals surface area (Å²) in [4.78, 5) is 11.4. The third kappa shape index (κ3) is 6.97. The molecule has 0 radical (unpaired) electrons. The number of hydrogen-bond donors (Lipinski definition) is 0. The van der Waals surface area contributed by atoms with Gasteiger partial charge in [-0.1, -0.05) is 65.0 Å². The number of benzene rings is 1. The molecule has 6 heteroatoms. The van der Waals surface area contributed by atoms with Gasteiger partial charge in [0.05, 0.1) is 31.0 Å². The monoisotopic (exact) mass is 464 g/mol. The highest BCUT2D eigenvalue weighted by atomic mass is 28.4. The van der Waals surface area contributed by atoms with Crippen molar-refractivity contribution in [3.63, 3.8) is 0 Å². The van der Waals surface area contributed by atoms with E-state index in [1.807, 2.05) is 18.2 Å². The van der Waals surface area contributed by atoms with Gasteiger partial charge in [0.15, 0.2) is 8.32 Å². The first-order chi connectivity index (χ1) is 14.9. The molecular weight excluding hydrogens is 420 g/mol. The summed E-state index contributed by atoms with van der Waals surface area (Å²) in [6.45, 7) is 16.8. The number of rotatable bonds is 11. The average Bonchev–Trinajstić information content (AvgIpc) is 2.71. The molecule has 0 N–H and O–H groups in total. The van der Waals surface area contributed by atoms with Crippen LogP contribution in [0.1, 0.15) is 59.4 Å². The van der Waals surface area contributed by atoms with Gasteiger partial charge in [0.2, 0.25) is 0 Å². The topological polar surface area (TPSA) is 54.0 Å². The van der Waals surface area contributed by atoms with Gasteiger partial charge in [-0.15, -0.1) is 0 Å². The predicted octanol–water partition coefficient (Wildman–Crippen LogP) is 5.77. The Morgan fingerprint density at radius 3 is 2.44 bits per heavy atom. The standard InChI is InChI=1S/C26H44O5Si/c1-25(2,3)32(7,8)31-24-18-22(30-23(14-16-27)26(24,4)5)21(28-6)15-17-29-19-20-12-10-9-11-13-20/h9-13,16,21-24H,14-15,17-19H2,1-8H3/t21-,22+,23-,24-/m1/s1. The van der Waals surface area contributed by atoms with Gasteiger partial charge in [0.1, 0.15) is 6.29 Å². The third-order valence-corrected chi connectivity index (χ3v) is 11.9. The molecule has 1 saturated heterocycles. The van der Waals surface area contributed by atoms with Gasteiger partial charge in [0, 0.05) is 32.0 Å². The van der Waals surface area contributed by atoms with Crippen LogP contribution in [0.25, 0.3) is 0 Å². The van der Waals surface area contributed by atoms with E-state index in [-0.39, 0.29) is 34.9 Å². The summed E-state index contributed by atoms with van der Waals surface area (Å²) in [6, 6.07) is 10.2. The lowest BCUT2D eigenvalue weighted by Gasteiger charge is -2.52. The van der Waals surface area contributed by atoms with E-state index in [0.717, 1.165) is 24.7 Å². The molecular formula is C26H44O5Si.